The number of anilines is 1. The third-order valence-electron chi connectivity index (χ3n) is 2.81. The predicted molar refractivity (Wildman–Crippen MR) is 69.8 cm³/mol. The first kappa shape index (κ1) is 13.0. The molecule has 90 valence electrons. The van der Waals surface area contributed by atoms with Crippen molar-refractivity contribution < 1.29 is 4.74 Å². The number of hydrogen-bond acceptors (Lipinski definition) is 2. The van der Waals surface area contributed by atoms with Gasteiger partial charge in [0.15, 0.2) is 0 Å². The van der Waals surface area contributed by atoms with Gasteiger partial charge >= 0.3 is 0 Å². The maximum absolute atomic E-state index is 5.20. The van der Waals surface area contributed by atoms with Crippen molar-refractivity contribution >= 4 is 5.69 Å². The van der Waals surface area contributed by atoms with E-state index < -0.39 is 0 Å². The summed E-state index contributed by atoms with van der Waals surface area (Å²) < 4.78 is 5.20. The molecule has 2 heteroatoms. The highest BCUT2D eigenvalue weighted by molar-refractivity contribution is 5.51. The van der Waals surface area contributed by atoms with E-state index >= 15 is 0 Å². The van der Waals surface area contributed by atoms with Crippen molar-refractivity contribution in [3.8, 4) is 0 Å². The molecule has 1 aromatic rings. The lowest BCUT2D eigenvalue weighted by molar-refractivity contribution is 0.185. The second-order valence-electron chi connectivity index (χ2n) is 4.13. The average molecular weight is 221 g/mol. The maximum atomic E-state index is 5.20. The van der Waals surface area contributed by atoms with E-state index in [1.165, 1.54) is 24.1 Å². The molecule has 1 unspecified atom stereocenters. The summed E-state index contributed by atoms with van der Waals surface area (Å²) in [6, 6.07) is 8.94. The molecule has 16 heavy (non-hydrogen) atoms. The van der Waals surface area contributed by atoms with Gasteiger partial charge in [0, 0.05) is 24.4 Å². The number of hydrogen-bond donors (Lipinski definition) is 1. The summed E-state index contributed by atoms with van der Waals surface area (Å²) in [7, 11) is 1.74. The van der Waals surface area contributed by atoms with E-state index in [9.17, 15) is 0 Å². The smallest absolute Gasteiger partial charge is 0.0733 e. The lowest BCUT2D eigenvalue weighted by atomic mass is 10.1. The van der Waals surface area contributed by atoms with Crippen molar-refractivity contribution in [2.24, 2.45) is 0 Å². The standard InChI is InChI=1S/C14H23NO/c1-4-8-13(5-2)15-14-10-7-6-9-12(14)11-16-3/h6-7,9-10,13,15H,4-5,8,11H2,1-3H3. The number of rotatable bonds is 7. The van der Waals surface area contributed by atoms with Crippen LogP contribution in [0.2, 0.25) is 0 Å². The summed E-state index contributed by atoms with van der Waals surface area (Å²) in [4.78, 5) is 0. The Labute approximate surface area is 99.0 Å². The average Bonchev–Trinajstić information content (AvgIpc) is 2.31. The fourth-order valence-corrected chi connectivity index (χ4v) is 1.89. The Morgan fingerprint density at radius 1 is 1.25 bits per heavy atom. The van der Waals surface area contributed by atoms with Crippen LogP contribution in [0.3, 0.4) is 0 Å². The SMILES string of the molecule is CCCC(CC)Nc1ccccc1COC. The minimum Gasteiger partial charge on any atom is -0.382 e. The van der Waals surface area contributed by atoms with Crippen molar-refractivity contribution in [3.05, 3.63) is 29.8 Å². The summed E-state index contributed by atoms with van der Waals surface area (Å²) in [5, 5.41) is 3.60. The van der Waals surface area contributed by atoms with Crippen LogP contribution in [-0.4, -0.2) is 13.2 Å². The molecule has 1 atom stereocenters. The third-order valence-corrected chi connectivity index (χ3v) is 2.81. The first-order valence-electron chi connectivity index (χ1n) is 6.15. The van der Waals surface area contributed by atoms with Crippen LogP contribution in [0.5, 0.6) is 0 Å². The summed E-state index contributed by atoms with van der Waals surface area (Å²) >= 11 is 0. The quantitative estimate of drug-likeness (QED) is 0.755. The van der Waals surface area contributed by atoms with Gasteiger partial charge in [-0.1, -0.05) is 38.5 Å². The highest BCUT2D eigenvalue weighted by Crippen LogP contribution is 2.19. The van der Waals surface area contributed by atoms with Crippen molar-refractivity contribution in [1.82, 2.24) is 0 Å². The molecule has 1 N–H and O–H groups in total. The monoisotopic (exact) mass is 221 g/mol. The fourth-order valence-electron chi connectivity index (χ4n) is 1.89. The highest BCUT2D eigenvalue weighted by Gasteiger charge is 2.07. The summed E-state index contributed by atoms with van der Waals surface area (Å²) in [5.41, 5.74) is 2.45. The molecule has 0 aliphatic heterocycles. The van der Waals surface area contributed by atoms with Gasteiger partial charge in [0.1, 0.15) is 0 Å². The van der Waals surface area contributed by atoms with Crippen LogP contribution in [-0.2, 0) is 11.3 Å². The molecule has 0 saturated carbocycles. The van der Waals surface area contributed by atoms with Gasteiger partial charge in [-0.05, 0) is 18.9 Å². The van der Waals surface area contributed by atoms with Gasteiger partial charge in [0.05, 0.1) is 6.61 Å². The molecule has 0 aliphatic rings. The second kappa shape index (κ2) is 7.29. The van der Waals surface area contributed by atoms with Crippen LogP contribution in [0, 0.1) is 0 Å². The molecule has 0 amide bonds. The van der Waals surface area contributed by atoms with Crippen LogP contribution in [0.15, 0.2) is 24.3 Å². The molecule has 0 aromatic heterocycles. The Balaban J connectivity index is 2.70. The molecular weight excluding hydrogens is 198 g/mol. The second-order valence-corrected chi connectivity index (χ2v) is 4.13. The lowest BCUT2D eigenvalue weighted by Gasteiger charge is -2.19. The Morgan fingerprint density at radius 3 is 2.62 bits per heavy atom. The molecule has 0 spiro atoms. The zero-order chi connectivity index (χ0) is 11.8. The van der Waals surface area contributed by atoms with E-state index in [1.54, 1.807) is 7.11 Å². The number of para-hydroxylation sites is 1. The van der Waals surface area contributed by atoms with Crippen molar-refractivity contribution in [2.75, 3.05) is 12.4 Å². The Morgan fingerprint density at radius 2 is 2.00 bits per heavy atom. The Kier molecular flexibility index (Phi) is 5.94. The molecule has 0 bridgehead atoms. The molecule has 0 fully saturated rings. The molecule has 1 aromatic carbocycles. The van der Waals surface area contributed by atoms with Gasteiger partial charge in [-0.15, -0.1) is 0 Å². The van der Waals surface area contributed by atoms with Gasteiger partial charge in [-0.3, -0.25) is 0 Å². The normalized spacial score (nSPS) is 12.4. The van der Waals surface area contributed by atoms with E-state index in [-0.39, 0.29) is 0 Å². The fraction of sp³-hybridized carbons (Fsp3) is 0.571. The van der Waals surface area contributed by atoms with Crippen molar-refractivity contribution in [1.29, 1.82) is 0 Å². The molecule has 1 rings (SSSR count). The van der Waals surface area contributed by atoms with Crippen molar-refractivity contribution in [3.63, 3.8) is 0 Å². The minimum absolute atomic E-state index is 0.572. The Bertz CT molecular complexity index is 299. The first-order chi connectivity index (χ1) is 7.81. The topological polar surface area (TPSA) is 21.3 Å². The minimum atomic E-state index is 0.572. The van der Waals surface area contributed by atoms with Gasteiger partial charge in [0.25, 0.3) is 0 Å². The predicted octanol–water partition coefficient (Wildman–Crippen LogP) is 3.82. The summed E-state index contributed by atoms with van der Waals surface area (Å²) in [5.74, 6) is 0. The summed E-state index contributed by atoms with van der Waals surface area (Å²) in [6.07, 6.45) is 3.60. The molecule has 0 saturated heterocycles. The van der Waals surface area contributed by atoms with Crippen LogP contribution in [0.25, 0.3) is 0 Å². The number of methoxy groups -OCH3 is 1. The zero-order valence-electron chi connectivity index (χ0n) is 10.6. The molecule has 0 radical (unpaired) electrons. The number of benzene rings is 1. The van der Waals surface area contributed by atoms with Crippen molar-refractivity contribution in [2.45, 2.75) is 45.8 Å². The largest absolute Gasteiger partial charge is 0.382 e. The molecular formula is C14H23NO. The van der Waals surface area contributed by atoms with E-state index in [0.29, 0.717) is 12.6 Å². The van der Waals surface area contributed by atoms with E-state index in [0.717, 1.165) is 6.42 Å². The van der Waals surface area contributed by atoms with E-state index in [2.05, 4.69) is 43.4 Å². The van der Waals surface area contributed by atoms with E-state index in [1.807, 2.05) is 0 Å². The van der Waals surface area contributed by atoms with Gasteiger partial charge in [0.2, 0.25) is 0 Å². The number of ether oxygens (including phenoxy) is 1. The Hall–Kier alpha value is -1.02. The molecule has 2 nitrogen and oxygen atoms in total. The highest BCUT2D eigenvalue weighted by atomic mass is 16.5. The number of nitrogens with one attached hydrogen (secondary N) is 1. The van der Waals surface area contributed by atoms with Gasteiger partial charge in [-0.25, -0.2) is 0 Å². The first-order valence-corrected chi connectivity index (χ1v) is 6.15. The van der Waals surface area contributed by atoms with Crippen LogP contribution in [0.1, 0.15) is 38.7 Å². The molecule has 0 aliphatic carbocycles. The lowest BCUT2D eigenvalue weighted by Crippen LogP contribution is -2.19. The van der Waals surface area contributed by atoms with Gasteiger partial charge in [-0.2, -0.15) is 0 Å². The van der Waals surface area contributed by atoms with Crippen LogP contribution >= 0.6 is 0 Å². The zero-order valence-corrected chi connectivity index (χ0v) is 10.6. The third kappa shape index (κ3) is 3.86. The molecule has 0 heterocycles. The van der Waals surface area contributed by atoms with Crippen LogP contribution < -0.4 is 5.32 Å². The van der Waals surface area contributed by atoms with Gasteiger partial charge < -0.3 is 10.1 Å². The van der Waals surface area contributed by atoms with Crippen LogP contribution in [0.4, 0.5) is 5.69 Å². The maximum Gasteiger partial charge on any atom is 0.0733 e. The van der Waals surface area contributed by atoms with E-state index in [4.69, 9.17) is 4.74 Å². The summed E-state index contributed by atoms with van der Waals surface area (Å²) in [6.45, 7) is 5.13.